The summed E-state index contributed by atoms with van der Waals surface area (Å²) in [7, 11) is 0. The molecule has 0 saturated carbocycles. The van der Waals surface area contributed by atoms with Crippen LogP contribution in [0, 0.1) is 0 Å². The van der Waals surface area contributed by atoms with E-state index < -0.39 is 0 Å². The SMILES string of the molecule is CC1(C)c2cc(-c3ccccc3)ccc2-c2cc(N(c3ccccc3)c3ccccc3)c(-c3ccccc3)cc21. The maximum Gasteiger partial charge on any atom is 0.0546 e. The van der Waals surface area contributed by atoms with Crippen molar-refractivity contribution in [2.75, 3.05) is 4.90 Å². The van der Waals surface area contributed by atoms with Crippen LogP contribution < -0.4 is 4.90 Å². The molecule has 0 saturated heterocycles. The van der Waals surface area contributed by atoms with Crippen molar-refractivity contribution in [1.29, 1.82) is 0 Å². The summed E-state index contributed by atoms with van der Waals surface area (Å²) in [5.41, 5.74) is 13.7. The molecule has 0 N–H and O–H groups in total. The highest BCUT2D eigenvalue weighted by atomic mass is 15.1. The number of benzene rings is 6. The number of para-hydroxylation sites is 2. The van der Waals surface area contributed by atoms with Gasteiger partial charge in [-0.3, -0.25) is 0 Å². The molecule has 192 valence electrons. The fraction of sp³-hybridized carbons (Fsp3) is 0.0769. The maximum atomic E-state index is 2.45. The van der Waals surface area contributed by atoms with Crippen LogP contribution in [-0.4, -0.2) is 0 Å². The van der Waals surface area contributed by atoms with Crippen molar-refractivity contribution in [3.8, 4) is 33.4 Å². The van der Waals surface area contributed by atoms with Crippen LogP contribution in [0.1, 0.15) is 25.0 Å². The van der Waals surface area contributed by atoms with Crippen LogP contribution in [0.15, 0.2) is 152 Å². The van der Waals surface area contributed by atoms with Crippen LogP contribution >= 0.6 is 0 Å². The van der Waals surface area contributed by atoms with Crippen molar-refractivity contribution in [2.45, 2.75) is 19.3 Å². The molecule has 0 atom stereocenters. The molecular weight excluding hydrogens is 482 g/mol. The zero-order valence-corrected chi connectivity index (χ0v) is 22.9. The molecule has 1 aliphatic rings. The largest absolute Gasteiger partial charge is 0.310 e. The summed E-state index contributed by atoms with van der Waals surface area (Å²) in [4.78, 5) is 2.39. The second-order valence-electron chi connectivity index (χ2n) is 11.0. The quantitative estimate of drug-likeness (QED) is 0.222. The molecule has 0 bridgehead atoms. The fourth-order valence-electron chi connectivity index (χ4n) is 6.19. The first-order valence-corrected chi connectivity index (χ1v) is 14.0. The zero-order chi connectivity index (χ0) is 27.1. The highest BCUT2D eigenvalue weighted by molar-refractivity contribution is 5.95. The van der Waals surface area contributed by atoms with E-state index in [1.165, 1.54) is 50.2 Å². The normalized spacial score (nSPS) is 12.9. The summed E-state index contributed by atoms with van der Waals surface area (Å²) >= 11 is 0. The number of anilines is 3. The van der Waals surface area contributed by atoms with Crippen molar-refractivity contribution in [1.82, 2.24) is 0 Å². The number of hydrogen-bond acceptors (Lipinski definition) is 1. The molecule has 0 radical (unpaired) electrons. The average molecular weight is 514 g/mol. The van der Waals surface area contributed by atoms with Crippen molar-refractivity contribution < 1.29 is 0 Å². The Morgan fingerprint density at radius 3 is 1.48 bits per heavy atom. The molecule has 0 fully saturated rings. The minimum absolute atomic E-state index is 0.123. The van der Waals surface area contributed by atoms with Gasteiger partial charge in [0.1, 0.15) is 0 Å². The molecule has 7 rings (SSSR count). The predicted octanol–water partition coefficient (Wildman–Crippen LogP) is 10.8. The fourth-order valence-corrected chi connectivity index (χ4v) is 6.19. The van der Waals surface area contributed by atoms with Crippen LogP contribution in [-0.2, 0) is 5.41 Å². The summed E-state index contributed by atoms with van der Waals surface area (Å²) in [6, 6.07) is 54.8. The first kappa shape index (κ1) is 24.2. The molecule has 1 aliphatic carbocycles. The standard InChI is InChI=1S/C39H31N/c1-39(2)36-25-30(28-15-7-3-8-16-28)23-24-33(36)35-27-38(34(26-37(35)39)29-17-9-4-10-18-29)40(31-19-11-5-12-20-31)32-21-13-6-14-22-32/h3-27H,1-2H3. The molecular formula is C39H31N. The van der Waals surface area contributed by atoms with Gasteiger partial charge in [-0.25, -0.2) is 0 Å². The first-order valence-electron chi connectivity index (χ1n) is 14.0. The molecule has 0 amide bonds. The molecule has 6 aromatic carbocycles. The number of rotatable bonds is 5. The van der Waals surface area contributed by atoms with E-state index in [0.29, 0.717) is 0 Å². The monoisotopic (exact) mass is 513 g/mol. The van der Waals surface area contributed by atoms with Crippen LogP contribution in [0.25, 0.3) is 33.4 Å². The van der Waals surface area contributed by atoms with Crippen molar-refractivity contribution in [2.24, 2.45) is 0 Å². The summed E-state index contributed by atoms with van der Waals surface area (Å²) in [5.74, 6) is 0. The molecule has 0 heterocycles. The Balaban J connectivity index is 1.50. The van der Waals surface area contributed by atoms with Gasteiger partial charge in [-0.15, -0.1) is 0 Å². The number of fused-ring (bicyclic) bond motifs is 3. The molecule has 1 nitrogen and oxygen atoms in total. The number of nitrogens with zero attached hydrogens (tertiary/aromatic N) is 1. The van der Waals surface area contributed by atoms with E-state index >= 15 is 0 Å². The van der Waals surface area contributed by atoms with Gasteiger partial charge in [-0.1, -0.05) is 123 Å². The molecule has 0 unspecified atom stereocenters. The smallest absolute Gasteiger partial charge is 0.0546 e. The van der Waals surface area contributed by atoms with Gasteiger partial charge >= 0.3 is 0 Å². The Kier molecular flexibility index (Phi) is 5.86. The Labute approximate surface area is 237 Å². The van der Waals surface area contributed by atoms with Crippen molar-refractivity contribution in [3.63, 3.8) is 0 Å². The van der Waals surface area contributed by atoms with E-state index in [9.17, 15) is 0 Å². The first-order chi connectivity index (χ1) is 19.6. The third kappa shape index (κ3) is 4.03. The van der Waals surface area contributed by atoms with Gasteiger partial charge in [0.2, 0.25) is 0 Å². The summed E-state index contributed by atoms with van der Waals surface area (Å²) in [5, 5.41) is 0. The van der Waals surface area contributed by atoms with Gasteiger partial charge in [0.15, 0.2) is 0 Å². The molecule has 6 aromatic rings. The van der Waals surface area contributed by atoms with Gasteiger partial charge < -0.3 is 4.90 Å². The van der Waals surface area contributed by atoms with E-state index in [2.05, 4.69) is 170 Å². The predicted molar refractivity (Wildman–Crippen MR) is 170 cm³/mol. The lowest BCUT2D eigenvalue weighted by Gasteiger charge is -2.30. The van der Waals surface area contributed by atoms with Gasteiger partial charge in [0.25, 0.3) is 0 Å². The summed E-state index contributed by atoms with van der Waals surface area (Å²) in [6.07, 6.45) is 0. The lowest BCUT2D eigenvalue weighted by molar-refractivity contribution is 0.661. The summed E-state index contributed by atoms with van der Waals surface area (Å²) in [6.45, 7) is 4.74. The van der Waals surface area contributed by atoms with Crippen LogP contribution in [0.5, 0.6) is 0 Å². The van der Waals surface area contributed by atoms with Gasteiger partial charge in [-0.2, -0.15) is 0 Å². The Morgan fingerprint density at radius 2 is 0.900 bits per heavy atom. The van der Waals surface area contributed by atoms with Crippen LogP contribution in [0.2, 0.25) is 0 Å². The second-order valence-corrected chi connectivity index (χ2v) is 11.0. The molecule has 0 aromatic heterocycles. The number of hydrogen-bond donors (Lipinski definition) is 0. The summed E-state index contributed by atoms with van der Waals surface area (Å²) < 4.78 is 0. The van der Waals surface area contributed by atoms with Gasteiger partial charge in [-0.05, 0) is 81.4 Å². The highest BCUT2D eigenvalue weighted by Gasteiger charge is 2.37. The van der Waals surface area contributed by atoms with Gasteiger partial charge in [0.05, 0.1) is 5.69 Å². The van der Waals surface area contributed by atoms with E-state index in [0.717, 1.165) is 11.4 Å². The van der Waals surface area contributed by atoms with E-state index in [4.69, 9.17) is 0 Å². The molecule has 0 aliphatic heterocycles. The minimum Gasteiger partial charge on any atom is -0.310 e. The van der Waals surface area contributed by atoms with Crippen molar-refractivity contribution >= 4 is 17.1 Å². The lowest BCUT2D eigenvalue weighted by Crippen LogP contribution is -2.16. The topological polar surface area (TPSA) is 3.24 Å². The maximum absolute atomic E-state index is 2.45. The Hall–Kier alpha value is -4.88. The molecule has 40 heavy (non-hydrogen) atoms. The van der Waals surface area contributed by atoms with E-state index in [1.807, 2.05) is 0 Å². The molecule has 0 spiro atoms. The lowest BCUT2D eigenvalue weighted by atomic mass is 9.80. The van der Waals surface area contributed by atoms with Crippen LogP contribution in [0.3, 0.4) is 0 Å². The highest BCUT2D eigenvalue weighted by Crippen LogP contribution is 2.54. The minimum atomic E-state index is -0.123. The van der Waals surface area contributed by atoms with Crippen LogP contribution in [0.4, 0.5) is 17.1 Å². The average Bonchev–Trinajstić information content (AvgIpc) is 3.24. The van der Waals surface area contributed by atoms with Gasteiger partial charge in [0, 0.05) is 22.4 Å². The van der Waals surface area contributed by atoms with E-state index in [-0.39, 0.29) is 5.41 Å². The van der Waals surface area contributed by atoms with Crippen molar-refractivity contribution in [3.05, 3.63) is 163 Å². The molecule has 1 heteroatoms. The third-order valence-corrected chi connectivity index (χ3v) is 8.25. The Bertz CT molecular complexity index is 1750. The van der Waals surface area contributed by atoms with E-state index in [1.54, 1.807) is 0 Å². The Morgan fingerprint density at radius 1 is 0.400 bits per heavy atom. The third-order valence-electron chi connectivity index (χ3n) is 8.25. The zero-order valence-electron chi connectivity index (χ0n) is 22.9. The second kappa shape index (κ2) is 9.70.